The smallest absolute Gasteiger partial charge is 0.0150 e. The van der Waals surface area contributed by atoms with Crippen molar-refractivity contribution in [2.45, 2.75) is 25.3 Å². The average Bonchev–Trinajstić information content (AvgIpc) is 1.78. The van der Waals surface area contributed by atoms with E-state index in [1.807, 2.05) is 0 Å². The molecule has 11 heavy (non-hydrogen) atoms. The number of hydrogen-bond donors (Lipinski definition) is 1. The summed E-state index contributed by atoms with van der Waals surface area (Å²) in [6.45, 7) is 4.46. The summed E-state index contributed by atoms with van der Waals surface area (Å²) in [5, 5.41) is 0. The van der Waals surface area contributed by atoms with Gasteiger partial charge in [-0.15, -0.1) is 24.8 Å². The van der Waals surface area contributed by atoms with Gasteiger partial charge < -0.3 is 10.6 Å². The van der Waals surface area contributed by atoms with Crippen LogP contribution in [0.15, 0.2) is 0 Å². The van der Waals surface area contributed by atoms with Gasteiger partial charge in [0.25, 0.3) is 0 Å². The van der Waals surface area contributed by atoms with E-state index in [0.717, 1.165) is 25.9 Å². The maximum Gasteiger partial charge on any atom is 0.0150 e. The number of piperidine rings is 1. The summed E-state index contributed by atoms with van der Waals surface area (Å²) in [5.74, 6) is 0. The molecule has 0 radical (unpaired) electrons. The number of nitrogens with two attached hydrogens (primary N) is 1. The highest BCUT2D eigenvalue weighted by molar-refractivity contribution is 5.85. The van der Waals surface area contributed by atoms with Crippen LogP contribution in [-0.2, 0) is 0 Å². The van der Waals surface area contributed by atoms with Gasteiger partial charge in [-0.25, -0.2) is 0 Å². The van der Waals surface area contributed by atoms with E-state index in [4.69, 9.17) is 5.73 Å². The predicted octanol–water partition coefficient (Wildman–Crippen LogP) is 1.27. The molecule has 1 rings (SSSR count). The minimum Gasteiger partial charge on any atom is -0.325 e. The first-order chi connectivity index (χ1) is 4.10. The Kier molecular flexibility index (Phi) is 6.64. The molecule has 1 aliphatic heterocycles. The number of likely N-dealkylation sites (tertiary alicyclic amines) is 1. The molecule has 2 nitrogen and oxygen atoms in total. The summed E-state index contributed by atoms with van der Waals surface area (Å²) in [6.07, 6.45) is 2.28. The summed E-state index contributed by atoms with van der Waals surface area (Å²) in [7, 11) is 2.15. The van der Waals surface area contributed by atoms with Gasteiger partial charge in [0.1, 0.15) is 0 Å². The topological polar surface area (TPSA) is 29.3 Å². The fraction of sp³-hybridized carbons (Fsp3) is 1.00. The second-order valence-corrected chi connectivity index (χ2v) is 3.46. The van der Waals surface area contributed by atoms with Crippen LogP contribution >= 0.6 is 24.8 Å². The van der Waals surface area contributed by atoms with E-state index in [1.165, 1.54) is 0 Å². The second-order valence-electron chi connectivity index (χ2n) is 3.46. The van der Waals surface area contributed by atoms with Crippen molar-refractivity contribution in [3.8, 4) is 0 Å². The molecule has 70 valence electrons. The lowest BCUT2D eigenvalue weighted by atomic mass is 9.91. The normalized spacial score (nSPS) is 23.2. The van der Waals surface area contributed by atoms with E-state index < -0.39 is 0 Å². The lowest BCUT2D eigenvalue weighted by Gasteiger charge is -2.34. The Labute approximate surface area is 81.3 Å². The third-order valence-corrected chi connectivity index (χ3v) is 2.13. The Morgan fingerprint density at radius 3 is 1.82 bits per heavy atom. The van der Waals surface area contributed by atoms with Gasteiger partial charge in [-0.05, 0) is 39.9 Å². The summed E-state index contributed by atoms with van der Waals surface area (Å²) >= 11 is 0. The quantitative estimate of drug-likeness (QED) is 0.639. The van der Waals surface area contributed by atoms with E-state index in [2.05, 4.69) is 18.9 Å². The lowest BCUT2D eigenvalue weighted by Crippen LogP contribution is -2.46. The third-order valence-electron chi connectivity index (χ3n) is 2.13. The van der Waals surface area contributed by atoms with E-state index >= 15 is 0 Å². The molecule has 1 saturated heterocycles. The molecule has 0 unspecified atom stereocenters. The first-order valence-electron chi connectivity index (χ1n) is 3.58. The highest BCUT2D eigenvalue weighted by Crippen LogP contribution is 2.16. The molecular formula is C7H18Cl2N2. The Bertz CT molecular complexity index is 96.6. The summed E-state index contributed by atoms with van der Waals surface area (Å²) in [6, 6.07) is 0. The molecule has 0 amide bonds. The molecule has 0 spiro atoms. The largest absolute Gasteiger partial charge is 0.325 e. The molecule has 1 heterocycles. The molecule has 0 saturated carbocycles. The van der Waals surface area contributed by atoms with Crippen LogP contribution in [0.2, 0.25) is 0 Å². The molecule has 0 bridgehead atoms. The Morgan fingerprint density at radius 1 is 1.18 bits per heavy atom. The molecule has 4 heteroatoms. The zero-order chi connectivity index (χ0) is 6.91. The number of nitrogens with zero attached hydrogens (tertiary/aromatic N) is 1. The van der Waals surface area contributed by atoms with Crippen molar-refractivity contribution in [2.75, 3.05) is 20.1 Å². The number of hydrogen-bond acceptors (Lipinski definition) is 2. The molecule has 0 aromatic heterocycles. The van der Waals surface area contributed by atoms with Crippen molar-refractivity contribution >= 4 is 24.8 Å². The Morgan fingerprint density at radius 2 is 1.55 bits per heavy atom. The van der Waals surface area contributed by atoms with Crippen LogP contribution in [0.5, 0.6) is 0 Å². The van der Waals surface area contributed by atoms with Crippen molar-refractivity contribution < 1.29 is 0 Å². The van der Waals surface area contributed by atoms with Crippen LogP contribution in [-0.4, -0.2) is 30.6 Å². The molecule has 0 aromatic rings. The zero-order valence-corrected chi connectivity index (χ0v) is 8.80. The summed E-state index contributed by atoms with van der Waals surface area (Å²) in [5.41, 5.74) is 6.03. The predicted molar refractivity (Wildman–Crippen MR) is 53.8 cm³/mol. The minimum atomic E-state index is 0. The number of halogens is 2. The van der Waals surface area contributed by atoms with Crippen LogP contribution in [0.1, 0.15) is 19.8 Å². The Hall–Kier alpha value is 0.500. The van der Waals surface area contributed by atoms with E-state index in [0.29, 0.717) is 0 Å². The SMILES string of the molecule is CN1CCC(C)(N)CC1.Cl.Cl. The van der Waals surface area contributed by atoms with Crippen molar-refractivity contribution in [3.63, 3.8) is 0 Å². The van der Waals surface area contributed by atoms with Crippen molar-refractivity contribution in [2.24, 2.45) is 5.73 Å². The standard InChI is InChI=1S/C7H16N2.2ClH/c1-7(8)3-5-9(2)6-4-7;;/h3-6,8H2,1-2H3;2*1H. The molecule has 1 aliphatic rings. The highest BCUT2D eigenvalue weighted by atomic mass is 35.5. The van der Waals surface area contributed by atoms with Gasteiger partial charge in [-0.3, -0.25) is 0 Å². The van der Waals surface area contributed by atoms with E-state index in [9.17, 15) is 0 Å². The van der Waals surface area contributed by atoms with Gasteiger partial charge in [0.15, 0.2) is 0 Å². The summed E-state index contributed by atoms with van der Waals surface area (Å²) in [4.78, 5) is 2.33. The minimum absolute atomic E-state index is 0. The molecule has 0 aromatic carbocycles. The van der Waals surface area contributed by atoms with Gasteiger partial charge in [0.05, 0.1) is 0 Å². The third kappa shape index (κ3) is 4.86. The van der Waals surface area contributed by atoms with Crippen LogP contribution in [0, 0.1) is 0 Å². The van der Waals surface area contributed by atoms with Crippen LogP contribution in [0.4, 0.5) is 0 Å². The van der Waals surface area contributed by atoms with Gasteiger partial charge in [0.2, 0.25) is 0 Å². The van der Waals surface area contributed by atoms with Crippen LogP contribution in [0.25, 0.3) is 0 Å². The van der Waals surface area contributed by atoms with E-state index in [1.54, 1.807) is 0 Å². The van der Waals surface area contributed by atoms with Crippen molar-refractivity contribution in [1.82, 2.24) is 4.90 Å². The molecule has 0 atom stereocenters. The fourth-order valence-corrected chi connectivity index (χ4v) is 1.13. The lowest BCUT2D eigenvalue weighted by molar-refractivity contribution is 0.203. The molecular weight excluding hydrogens is 183 g/mol. The highest BCUT2D eigenvalue weighted by Gasteiger charge is 2.23. The monoisotopic (exact) mass is 200 g/mol. The average molecular weight is 201 g/mol. The second kappa shape index (κ2) is 5.20. The van der Waals surface area contributed by atoms with E-state index in [-0.39, 0.29) is 30.4 Å². The van der Waals surface area contributed by atoms with Crippen molar-refractivity contribution in [3.05, 3.63) is 0 Å². The van der Waals surface area contributed by atoms with Gasteiger partial charge in [-0.2, -0.15) is 0 Å². The number of rotatable bonds is 0. The summed E-state index contributed by atoms with van der Waals surface area (Å²) < 4.78 is 0. The van der Waals surface area contributed by atoms with Crippen molar-refractivity contribution in [1.29, 1.82) is 0 Å². The van der Waals surface area contributed by atoms with Gasteiger partial charge in [0, 0.05) is 5.54 Å². The Balaban J connectivity index is 0. The van der Waals surface area contributed by atoms with Crippen LogP contribution < -0.4 is 5.73 Å². The first kappa shape index (κ1) is 14.0. The molecule has 1 fully saturated rings. The fourth-order valence-electron chi connectivity index (χ4n) is 1.13. The van der Waals surface area contributed by atoms with Gasteiger partial charge >= 0.3 is 0 Å². The maximum absolute atomic E-state index is 5.91. The van der Waals surface area contributed by atoms with Crippen LogP contribution in [0.3, 0.4) is 0 Å². The molecule has 2 N–H and O–H groups in total. The van der Waals surface area contributed by atoms with Gasteiger partial charge in [-0.1, -0.05) is 0 Å². The molecule has 0 aliphatic carbocycles. The first-order valence-corrected chi connectivity index (χ1v) is 3.58. The maximum atomic E-state index is 5.91. The zero-order valence-electron chi connectivity index (χ0n) is 7.17.